The van der Waals surface area contributed by atoms with Crippen LogP contribution >= 0.6 is 0 Å². The third-order valence-corrected chi connectivity index (χ3v) is 2.07. The fourth-order valence-corrected chi connectivity index (χ4v) is 1.02. The highest BCUT2D eigenvalue weighted by molar-refractivity contribution is 4.65. The van der Waals surface area contributed by atoms with Crippen LogP contribution in [0.25, 0.3) is 0 Å². The van der Waals surface area contributed by atoms with Gasteiger partial charge in [-0.05, 0) is 25.3 Å². The highest BCUT2D eigenvalue weighted by Crippen LogP contribution is 2.04. The van der Waals surface area contributed by atoms with E-state index >= 15 is 0 Å². The molecule has 0 rings (SSSR count). The van der Waals surface area contributed by atoms with Gasteiger partial charge in [0, 0.05) is 19.1 Å². The summed E-state index contributed by atoms with van der Waals surface area (Å²) in [4.78, 5) is 0. The molecule has 12 heavy (non-hydrogen) atoms. The van der Waals surface area contributed by atoms with Gasteiger partial charge in [-0.15, -0.1) is 0 Å². The first-order valence-corrected chi connectivity index (χ1v) is 4.84. The molecule has 3 nitrogen and oxygen atoms in total. The first-order chi connectivity index (χ1) is 5.68. The lowest BCUT2D eigenvalue weighted by Gasteiger charge is -2.14. The molecule has 0 bridgehead atoms. The van der Waals surface area contributed by atoms with Crippen LogP contribution in [0.1, 0.15) is 26.7 Å². The number of nitrogens with two attached hydrogens (primary N) is 2. The summed E-state index contributed by atoms with van der Waals surface area (Å²) in [6.45, 7) is 7.00. The van der Waals surface area contributed by atoms with Gasteiger partial charge in [-0.3, -0.25) is 0 Å². The summed E-state index contributed by atoms with van der Waals surface area (Å²) >= 11 is 0. The summed E-state index contributed by atoms with van der Waals surface area (Å²) in [5.74, 6) is 0.597. The van der Waals surface area contributed by atoms with Crippen molar-refractivity contribution in [1.29, 1.82) is 0 Å². The predicted molar refractivity (Wildman–Crippen MR) is 54.0 cm³/mol. The number of hydrogen-bond donors (Lipinski definition) is 3. The Labute approximate surface area is 75.9 Å². The molecule has 0 aromatic heterocycles. The van der Waals surface area contributed by atoms with Gasteiger partial charge in [0.25, 0.3) is 0 Å². The minimum Gasteiger partial charge on any atom is -0.329 e. The zero-order valence-electron chi connectivity index (χ0n) is 8.34. The van der Waals surface area contributed by atoms with E-state index in [2.05, 4.69) is 19.2 Å². The molecule has 1 unspecified atom stereocenters. The molecule has 0 aromatic rings. The van der Waals surface area contributed by atoms with Crippen LogP contribution in [0.4, 0.5) is 0 Å². The van der Waals surface area contributed by atoms with Crippen LogP contribution in [0.2, 0.25) is 0 Å². The largest absolute Gasteiger partial charge is 0.329 e. The Kier molecular flexibility index (Phi) is 7.45. The molecule has 0 aromatic carbocycles. The second-order valence-corrected chi connectivity index (χ2v) is 3.59. The molecule has 0 aliphatic heterocycles. The van der Waals surface area contributed by atoms with Gasteiger partial charge in [-0.25, -0.2) is 0 Å². The molecule has 0 amide bonds. The molecule has 5 N–H and O–H groups in total. The van der Waals surface area contributed by atoms with Gasteiger partial charge in [0.1, 0.15) is 0 Å². The normalized spacial score (nSPS) is 13.8. The fourth-order valence-electron chi connectivity index (χ4n) is 1.02. The summed E-state index contributed by atoms with van der Waals surface area (Å²) in [6, 6.07) is 0.352. The van der Waals surface area contributed by atoms with Crippen LogP contribution < -0.4 is 16.8 Å². The van der Waals surface area contributed by atoms with Gasteiger partial charge in [-0.2, -0.15) is 0 Å². The average molecular weight is 173 g/mol. The molecule has 0 saturated heterocycles. The molecule has 0 heterocycles. The van der Waals surface area contributed by atoms with E-state index in [0.29, 0.717) is 12.0 Å². The Morgan fingerprint density at radius 2 is 1.92 bits per heavy atom. The zero-order chi connectivity index (χ0) is 9.40. The van der Waals surface area contributed by atoms with Crippen LogP contribution in [-0.2, 0) is 0 Å². The van der Waals surface area contributed by atoms with Crippen molar-refractivity contribution in [3.05, 3.63) is 0 Å². The van der Waals surface area contributed by atoms with Gasteiger partial charge in [-0.1, -0.05) is 13.8 Å². The molecule has 0 aliphatic carbocycles. The van der Waals surface area contributed by atoms with E-state index in [9.17, 15) is 0 Å². The van der Waals surface area contributed by atoms with E-state index in [1.165, 1.54) is 0 Å². The summed E-state index contributed by atoms with van der Waals surface area (Å²) in [5.41, 5.74) is 11.2. The van der Waals surface area contributed by atoms with Crippen molar-refractivity contribution >= 4 is 0 Å². The predicted octanol–water partition coefficient (Wildman–Crippen LogP) is 0.298. The quantitative estimate of drug-likeness (QED) is 0.485. The second kappa shape index (κ2) is 7.53. The molecular weight excluding hydrogens is 150 g/mol. The highest BCUT2D eigenvalue weighted by Gasteiger charge is 2.05. The maximum absolute atomic E-state index is 5.88. The van der Waals surface area contributed by atoms with Crippen molar-refractivity contribution in [2.75, 3.05) is 19.6 Å². The molecule has 0 saturated carbocycles. The Morgan fingerprint density at radius 1 is 1.25 bits per heavy atom. The van der Waals surface area contributed by atoms with Gasteiger partial charge >= 0.3 is 0 Å². The van der Waals surface area contributed by atoms with E-state index in [1.807, 2.05) is 0 Å². The van der Waals surface area contributed by atoms with E-state index in [4.69, 9.17) is 11.5 Å². The molecular formula is C9H23N3. The lowest BCUT2D eigenvalue weighted by atomic mass is 10.0. The average Bonchev–Trinajstić information content (AvgIpc) is 2.03. The van der Waals surface area contributed by atoms with Crippen molar-refractivity contribution < 1.29 is 0 Å². The second-order valence-electron chi connectivity index (χ2n) is 3.59. The van der Waals surface area contributed by atoms with Crippen molar-refractivity contribution in [3.8, 4) is 0 Å². The summed E-state index contributed by atoms with van der Waals surface area (Å²) in [6.07, 6.45) is 2.26. The van der Waals surface area contributed by atoms with Crippen LogP contribution in [0.15, 0.2) is 0 Å². The Bertz CT molecular complexity index is 93.8. The SMILES string of the molecule is CC(C)C(N)CCCNCCN. The first-order valence-electron chi connectivity index (χ1n) is 4.84. The standard InChI is InChI=1S/C9H23N3/c1-8(2)9(11)4-3-6-12-7-5-10/h8-9,12H,3-7,10-11H2,1-2H3. The van der Waals surface area contributed by atoms with Crippen molar-refractivity contribution in [1.82, 2.24) is 5.32 Å². The lowest BCUT2D eigenvalue weighted by molar-refractivity contribution is 0.445. The van der Waals surface area contributed by atoms with Crippen molar-refractivity contribution in [2.45, 2.75) is 32.7 Å². The Balaban J connectivity index is 3.08. The summed E-state index contributed by atoms with van der Waals surface area (Å²) in [7, 11) is 0. The number of nitrogens with one attached hydrogen (secondary N) is 1. The summed E-state index contributed by atoms with van der Waals surface area (Å²) < 4.78 is 0. The van der Waals surface area contributed by atoms with Crippen molar-refractivity contribution in [2.24, 2.45) is 17.4 Å². The molecule has 1 atom stereocenters. The van der Waals surface area contributed by atoms with E-state index in [0.717, 1.165) is 32.5 Å². The van der Waals surface area contributed by atoms with Crippen LogP contribution in [0, 0.1) is 5.92 Å². The molecule has 0 aliphatic rings. The monoisotopic (exact) mass is 173 g/mol. The van der Waals surface area contributed by atoms with Crippen LogP contribution in [0.3, 0.4) is 0 Å². The van der Waals surface area contributed by atoms with E-state index in [1.54, 1.807) is 0 Å². The van der Waals surface area contributed by atoms with Crippen LogP contribution in [0.5, 0.6) is 0 Å². The van der Waals surface area contributed by atoms with Crippen molar-refractivity contribution in [3.63, 3.8) is 0 Å². The fraction of sp³-hybridized carbons (Fsp3) is 1.00. The first kappa shape index (κ1) is 11.9. The molecule has 0 radical (unpaired) electrons. The molecule has 0 fully saturated rings. The molecule has 74 valence electrons. The smallest absolute Gasteiger partial charge is 0.00745 e. The minimum atomic E-state index is 0.352. The van der Waals surface area contributed by atoms with Crippen LogP contribution in [-0.4, -0.2) is 25.7 Å². The molecule has 3 heteroatoms. The maximum Gasteiger partial charge on any atom is 0.00745 e. The van der Waals surface area contributed by atoms with E-state index in [-0.39, 0.29) is 0 Å². The summed E-state index contributed by atoms with van der Waals surface area (Å²) in [5, 5.41) is 3.25. The maximum atomic E-state index is 5.88. The Morgan fingerprint density at radius 3 is 2.42 bits per heavy atom. The molecule has 0 spiro atoms. The van der Waals surface area contributed by atoms with E-state index < -0.39 is 0 Å². The Hall–Kier alpha value is -0.120. The number of rotatable bonds is 7. The third-order valence-electron chi connectivity index (χ3n) is 2.07. The zero-order valence-corrected chi connectivity index (χ0v) is 8.34. The van der Waals surface area contributed by atoms with Gasteiger partial charge in [0.2, 0.25) is 0 Å². The topological polar surface area (TPSA) is 64.1 Å². The number of hydrogen-bond acceptors (Lipinski definition) is 3. The third kappa shape index (κ3) is 6.58. The van der Waals surface area contributed by atoms with Gasteiger partial charge in [0.05, 0.1) is 0 Å². The lowest BCUT2D eigenvalue weighted by Crippen LogP contribution is -2.29. The van der Waals surface area contributed by atoms with Gasteiger partial charge in [0.15, 0.2) is 0 Å². The highest BCUT2D eigenvalue weighted by atomic mass is 14.9. The minimum absolute atomic E-state index is 0.352. The van der Waals surface area contributed by atoms with Gasteiger partial charge < -0.3 is 16.8 Å².